The van der Waals surface area contributed by atoms with Gasteiger partial charge >= 0.3 is 0 Å². The maximum absolute atomic E-state index is 2.33. The lowest BCUT2D eigenvalue weighted by atomic mass is 10.1. The lowest BCUT2D eigenvalue weighted by Crippen LogP contribution is -2.13. The minimum Gasteiger partial charge on any atom is -0.0616 e. The molecule has 164 valence electrons. The molecule has 0 amide bonds. The third-order valence-corrected chi connectivity index (χ3v) is 8.88. The van der Waals surface area contributed by atoms with Crippen LogP contribution in [0.25, 0.3) is 32.3 Å². The van der Waals surface area contributed by atoms with Gasteiger partial charge in [-0.05, 0) is 32.3 Å². The predicted molar refractivity (Wildman–Crippen MR) is 150 cm³/mol. The highest BCUT2D eigenvalue weighted by Gasteiger charge is 2.23. The molecule has 0 aliphatic carbocycles. The first-order valence-corrected chi connectivity index (χ1v) is 13.6. The molecule has 6 aromatic carbocycles. The van der Waals surface area contributed by atoms with Gasteiger partial charge in [0.1, 0.15) is 17.3 Å². The highest BCUT2D eigenvalue weighted by molar-refractivity contribution is 7.94. The van der Waals surface area contributed by atoms with Crippen LogP contribution < -0.4 is 0 Å². The minimum absolute atomic E-state index is 0.155. The molecule has 0 bridgehead atoms. The van der Waals surface area contributed by atoms with Crippen LogP contribution in [0, 0.1) is 0 Å². The van der Waals surface area contributed by atoms with E-state index in [0.717, 1.165) is 17.3 Å². The molecule has 6 aromatic rings. The summed E-state index contributed by atoms with van der Waals surface area (Å²) in [5.74, 6) is 3.27. The van der Waals surface area contributed by atoms with Crippen molar-refractivity contribution in [3.05, 3.63) is 144 Å². The average molecular weight is 456 g/mol. The fourth-order valence-electron chi connectivity index (χ4n) is 5.07. The van der Waals surface area contributed by atoms with Crippen LogP contribution in [0.5, 0.6) is 0 Å². The molecule has 0 spiro atoms. The molecule has 0 unspecified atom stereocenters. The summed E-state index contributed by atoms with van der Waals surface area (Å²) in [7, 11) is 0.155. The summed E-state index contributed by atoms with van der Waals surface area (Å²) in [5.41, 5.74) is 4.38. The van der Waals surface area contributed by atoms with Gasteiger partial charge in [0.25, 0.3) is 0 Å². The van der Waals surface area contributed by atoms with E-state index < -0.39 is 0 Å². The van der Waals surface area contributed by atoms with Crippen LogP contribution in [0.15, 0.2) is 127 Å². The standard InChI is InChI=1S/C33H27S/c1-4-19-31-25(10-1)13-7-16-28(31)22-34(23-29-17-8-14-26-11-2-5-20-32(26)29)24-30-18-9-15-27-12-3-6-21-33(27)30/h1-21H,22-24H2/q+1. The quantitative estimate of drug-likeness (QED) is 0.220. The van der Waals surface area contributed by atoms with E-state index in [-0.39, 0.29) is 10.9 Å². The van der Waals surface area contributed by atoms with E-state index in [4.69, 9.17) is 0 Å². The van der Waals surface area contributed by atoms with E-state index in [9.17, 15) is 0 Å². The topological polar surface area (TPSA) is 0 Å². The molecule has 0 saturated carbocycles. The highest BCUT2D eigenvalue weighted by atomic mass is 32.2. The van der Waals surface area contributed by atoms with Crippen molar-refractivity contribution >= 4 is 43.2 Å². The van der Waals surface area contributed by atoms with Crippen molar-refractivity contribution in [2.75, 3.05) is 0 Å². The smallest absolute Gasteiger partial charge is 0.0616 e. The van der Waals surface area contributed by atoms with E-state index >= 15 is 0 Å². The Bertz CT molecular complexity index is 1390. The molecule has 0 atom stereocenters. The van der Waals surface area contributed by atoms with Crippen molar-refractivity contribution in [2.45, 2.75) is 17.3 Å². The molecule has 0 fully saturated rings. The van der Waals surface area contributed by atoms with Gasteiger partial charge < -0.3 is 0 Å². The lowest BCUT2D eigenvalue weighted by Gasteiger charge is -2.14. The zero-order chi connectivity index (χ0) is 22.7. The summed E-state index contributed by atoms with van der Waals surface area (Å²) in [6.07, 6.45) is 0. The fourth-order valence-corrected chi connectivity index (χ4v) is 7.45. The summed E-state index contributed by atoms with van der Waals surface area (Å²) in [4.78, 5) is 0. The Morgan fingerprint density at radius 1 is 0.324 bits per heavy atom. The largest absolute Gasteiger partial charge is 0.134 e. The van der Waals surface area contributed by atoms with Gasteiger partial charge in [-0.25, -0.2) is 0 Å². The summed E-state index contributed by atoms with van der Waals surface area (Å²) in [6.45, 7) is 0. The van der Waals surface area contributed by atoms with Gasteiger partial charge in [-0.2, -0.15) is 0 Å². The zero-order valence-corrected chi connectivity index (χ0v) is 20.0. The third-order valence-electron chi connectivity index (χ3n) is 6.72. The van der Waals surface area contributed by atoms with Crippen molar-refractivity contribution in [1.29, 1.82) is 0 Å². The maximum atomic E-state index is 2.33. The summed E-state index contributed by atoms with van der Waals surface area (Å²) < 4.78 is 0. The Kier molecular flexibility index (Phi) is 5.79. The van der Waals surface area contributed by atoms with Crippen molar-refractivity contribution < 1.29 is 0 Å². The molecule has 0 radical (unpaired) electrons. The Morgan fingerprint density at radius 3 is 0.971 bits per heavy atom. The van der Waals surface area contributed by atoms with Crippen LogP contribution in [-0.2, 0) is 28.2 Å². The van der Waals surface area contributed by atoms with Crippen LogP contribution in [0.2, 0.25) is 0 Å². The number of fused-ring (bicyclic) bond motifs is 3. The SMILES string of the molecule is c1ccc2c(C[S+](Cc3cccc4ccccc34)Cc3cccc4ccccc34)cccc2c1. The number of rotatable bonds is 6. The number of benzene rings is 6. The molecule has 0 saturated heterocycles. The highest BCUT2D eigenvalue weighted by Crippen LogP contribution is 2.29. The Morgan fingerprint density at radius 2 is 0.618 bits per heavy atom. The Balaban J connectivity index is 1.42. The van der Waals surface area contributed by atoms with Crippen molar-refractivity contribution in [3.8, 4) is 0 Å². The molecule has 0 aliphatic rings. The minimum atomic E-state index is 0.155. The molecule has 0 aromatic heterocycles. The van der Waals surface area contributed by atoms with E-state index in [1.165, 1.54) is 49.0 Å². The number of hydrogen-bond acceptors (Lipinski definition) is 0. The monoisotopic (exact) mass is 455 g/mol. The zero-order valence-electron chi connectivity index (χ0n) is 19.2. The van der Waals surface area contributed by atoms with Gasteiger partial charge in [0.2, 0.25) is 0 Å². The van der Waals surface area contributed by atoms with E-state index in [1.54, 1.807) is 0 Å². The molecule has 0 heterocycles. The van der Waals surface area contributed by atoms with Crippen molar-refractivity contribution in [3.63, 3.8) is 0 Å². The first-order valence-electron chi connectivity index (χ1n) is 11.9. The van der Waals surface area contributed by atoms with Gasteiger partial charge in [0.15, 0.2) is 0 Å². The molecular formula is C33H27S+. The van der Waals surface area contributed by atoms with Gasteiger partial charge in [0, 0.05) is 27.6 Å². The fraction of sp³-hybridized carbons (Fsp3) is 0.0909. The van der Waals surface area contributed by atoms with Gasteiger partial charge in [-0.1, -0.05) is 127 Å². The molecule has 1 heteroatoms. The lowest BCUT2D eigenvalue weighted by molar-refractivity contribution is 1.32. The van der Waals surface area contributed by atoms with Gasteiger partial charge in [-0.3, -0.25) is 0 Å². The summed E-state index contributed by atoms with van der Waals surface area (Å²) >= 11 is 0. The van der Waals surface area contributed by atoms with Crippen LogP contribution in [-0.4, -0.2) is 0 Å². The predicted octanol–water partition coefficient (Wildman–Crippen LogP) is 8.66. The Labute approximate surface area is 204 Å². The molecule has 0 aliphatic heterocycles. The summed E-state index contributed by atoms with van der Waals surface area (Å²) in [6, 6.07) is 46.8. The van der Waals surface area contributed by atoms with E-state index in [0.29, 0.717) is 0 Å². The van der Waals surface area contributed by atoms with Gasteiger partial charge in [-0.15, -0.1) is 0 Å². The molecule has 0 nitrogen and oxygen atoms in total. The van der Waals surface area contributed by atoms with Gasteiger partial charge in [0.05, 0.1) is 0 Å². The molecule has 34 heavy (non-hydrogen) atoms. The van der Waals surface area contributed by atoms with Crippen LogP contribution in [0.1, 0.15) is 16.7 Å². The Hall–Kier alpha value is -3.55. The second-order valence-corrected chi connectivity index (χ2v) is 11.1. The first kappa shape index (κ1) is 21.0. The van der Waals surface area contributed by atoms with Crippen molar-refractivity contribution in [2.24, 2.45) is 0 Å². The second kappa shape index (κ2) is 9.37. The third kappa shape index (κ3) is 4.20. The first-order chi connectivity index (χ1) is 16.8. The van der Waals surface area contributed by atoms with E-state index in [2.05, 4.69) is 127 Å². The normalized spacial score (nSPS) is 11.6. The molecule has 6 rings (SSSR count). The van der Waals surface area contributed by atoms with Crippen molar-refractivity contribution in [1.82, 2.24) is 0 Å². The van der Waals surface area contributed by atoms with Crippen LogP contribution >= 0.6 is 0 Å². The van der Waals surface area contributed by atoms with E-state index in [1.807, 2.05) is 0 Å². The molecular weight excluding hydrogens is 428 g/mol. The summed E-state index contributed by atoms with van der Waals surface area (Å²) in [5, 5.41) is 8.16. The molecule has 0 N–H and O–H groups in total. The second-order valence-electron chi connectivity index (χ2n) is 8.96. The average Bonchev–Trinajstić information content (AvgIpc) is 2.89. The maximum Gasteiger partial charge on any atom is 0.134 e. The number of hydrogen-bond donors (Lipinski definition) is 0. The van der Waals surface area contributed by atoms with Crippen LogP contribution in [0.4, 0.5) is 0 Å². The van der Waals surface area contributed by atoms with Crippen LogP contribution in [0.3, 0.4) is 0 Å².